The Balaban J connectivity index is 1.47. The van der Waals surface area contributed by atoms with Gasteiger partial charge in [0, 0.05) is 51.4 Å². The monoisotopic (exact) mass is 634 g/mol. The minimum Gasteiger partial charge on any atom is -0.442 e. The number of halogens is 6. The van der Waals surface area contributed by atoms with Gasteiger partial charge in [-0.15, -0.1) is 13.2 Å². The molecule has 44 heavy (non-hydrogen) atoms. The van der Waals surface area contributed by atoms with Gasteiger partial charge < -0.3 is 35.2 Å². The van der Waals surface area contributed by atoms with Crippen LogP contribution in [-0.2, 0) is 20.9 Å². The Morgan fingerprint density at radius 2 is 1.61 bits per heavy atom. The molecule has 2 heterocycles. The highest BCUT2D eigenvalue weighted by Crippen LogP contribution is 2.36. The average molecular weight is 635 g/mol. The van der Waals surface area contributed by atoms with Gasteiger partial charge in [-0.05, 0) is 38.8 Å². The molecule has 18 heteroatoms. The molecule has 1 aliphatic carbocycles. The van der Waals surface area contributed by atoms with E-state index in [1.54, 1.807) is 7.05 Å². The van der Waals surface area contributed by atoms with Gasteiger partial charge in [0.15, 0.2) is 5.60 Å². The lowest BCUT2D eigenvalue weighted by atomic mass is 9.81. The number of para-hydroxylation sites is 1. The van der Waals surface area contributed by atoms with Gasteiger partial charge in [0.25, 0.3) is 5.91 Å². The fraction of sp³-hybridized carbons (Fsp3) is 0.577. The van der Waals surface area contributed by atoms with E-state index in [0.29, 0.717) is 25.0 Å². The number of rotatable bonds is 9. The second-order valence-corrected chi connectivity index (χ2v) is 10.5. The summed E-state index contributed by atoms with van der Waals surface area (Å²) in [6.45, 7) is 2.50. The van der Waals surface area contributed by atoms with Crippen molar-refractivity contribution in [3.8, 4) is 5.75 Å². The first kappa shape index (κ1) is 32.8. The van der Waals surface area contributed by atoms with Crippen LogP contribution in [0.3, 0.4) is 0 Å². The van der Waals surface area contributed by atoms with E-state index in [2.05, 4.69) is 40.5 Å². The van der Waals surface area contributed by atoms with E-state index in [9.17, 15) is 35.9 Å². The number of carbonyl (C=O) groups excluding carboxylic acids is 2. The highest BCUT2D eigenvalue weighted by Gasteiger charge is 2.51. The number of nitrogens with one attached hydrogen (secondary N) is 3. The van der Waals surface area contributed by atoms with E-state index < -0.39 is 48.4 Å². The molecule has 0 bridgehead atoms. The highest BCUT2D eigenvalue weighted by atomic mass is 19.4. The zero-order valence-electron chi connectivity index (χ0n) is 23.9. The number of alkyl halides is 6. The van der Waals surface area contributed by atoms with Crippen LogP contribution in [0.2, 0.25) is 0 Å². The van der Waals surface area contributed by atoms with E-state index in [0.717, 1.165) is 19.2 Å². The zero-order valence-corrected chi connectivity index (χ0v) is 23.9. The third-order valence-electron chi connectivity index (χ3n) is 7.33. The van der Waals surface area contributed by atoms with Crippen LogP contribution in [0.4, 0.5) is 44.2 Å². The van der Waals surface area contributed by atoms with Gasteiger partial charge in [-0.2, -0.15) is 28.1 Å². The summed E-state index contributed by atoms with van der Waals surface area (Å²) in [7, 11) is 3.65. The minimum atomic E-state index is -5.37. The van der Waals surface area contributed by atoms with Crippen LogP contribution < -0.4 is 25.6 Å². The summed E-state index contributed by atoms with van der Waals surface area (Å²) in [5.41, 5.74) is -2.30. The number of hydrogen-bond acceptors (Lipinski definition) is 11. The number of piperazine rings is 1. The van der Waals surface area contributed by atoms with Crippen molar-refractivity contribution >= 4 is 29.7 Å². The fourth-order valence-electron chi connectivity index (χ4n) is 4.92. The van der Waals surface area contributed by atoms with Crippen molar-refractivity contribution < 1.29 is 45.4 Å². The standard InChI is InChI=1S/C26H32F6N8O4/c1-33-21-36-22(38-23(37-21)40-13-11-39(2)12-14-40)35-17-7-9-24(10-8-17,44-20(42)25(27,28)29)19(41)34-15-16-5-3-4-6-18(16)43-26(30,31)32/h3-6,17H,7-15H2,1-2H3,(H,34,41)(H2,33,35,36,37,38). The average Bonchev–Trinajstić information content (AvgIpc) is 2.96. The van der Waals surface area contributed by atoms with E-state index in [1.807, 2.05) is 11.9 Å². The summed E-state index contributed by atoms with van der Waals surface area (Å²) < 4.78 is 86.6. The number of carbonyl (C=O) groups is 2. The van der Waals surface area contributed by atoms with Crippen LogP contribution in [0, 0.1) is 0 Å². The number of ether oxygens (including phenoxy) is 2. The van der Waals surface area contributed by atoms with E-state index in [1.165, 1.54) is 18.2 Å². The van der Waals surface area contributed by atoms with Crippen LogP contribution in [0.15, 0.2) is 24.3 Å². The molecule has 0 spiro atoms. The maximum atomic E-state index is 13.3. The van der Waals surface area contributed by atoms with Crippen LogP contribution in [0.25, 0.3) is 0 Å². The minimum absolute atomic E-state index is 0.0801. The molecule has 2 aromatic rings. The Morgan fingerprint density at radius 1 is 0.977 bits per heavy atom. The molecule has 0 radical (unpaired) electrons. The summed E-state index contributed by atoms with van der Waals surface area (Å²) in [5.74, 6) is -3.26. The lowest BCUT2D eigenvalue weighted by Crippen LogP contribution is -2.54. The summed E-state index contributed by atoms with van der Waals surface area (Å²) in [6.07, 6.45) is -10.8. The van der Waals surface area contributed by atoms with Gasteiger partial charge in [-0.3, -0.25) is 4.79 Å². The van der Waals surface area contributed by atoms with Crippen LogP contribution in [0.5, 0.6) is 5.75 Å². The Kier molecular flexibility index (Phi) is 9.90. The van der Waals surface area contributed by atoms with Crippen molar-refractivity contribution in [3.05, 3.63) is 29.8 Å². The molecular weight excluding hydrogens is 602 g/mol. The first-order valence-corrected chi connectivity index (χ1v) is 13.7. The largest absolute Gasteiger partial charge is 0.573 e. The molecule has 1 amide bonds. The molecule has 242 valence electrons. The van der Waals surface area contributed by atoms with Gasteiger partial charge >= 0.3 is 18.5 Å². The Labute approximate surface area is 248 Å². The molecule has 2 aliphatic rings. The summed E-state index contributed by atoms with van der Waals surface area (Å²) >= 11 is 0. The van der Waals surface area contributed by atoms with Crippen LogP contribution in [0.1, 0.15) is 31.2 Å². The zero-order chi connectivity index (χ0) is 32.1. The summed E-state index contributed by atoms with van der Waals surface area (Å²) in [6, 6.07) is 4.56. The fourth-order valence-corrected chi connectivity index (χ4v) is 4.92. The van der Waals surface area contributed by atoms with E-state index in [-0.39, 0.29) is 37.2 Å². The molecule has 0 unspecified atom stereocenters. The molecule has 2 fully saturated rings. The van der Waals surface area contributed by atoms with Crippen molar-refractivity contribution in [2.24, 2.45) is 0 Å². The van der Waals surface area contributed by atoms with Gasteiger partial charge in [0.05, 0.1) is 0 Å². The number of benzene rings is 1. The quantitative estimate of drug-likeness (QED) is 0.278. The number of anilines is 3. The SMILES string of the molecule is CNc1nc(NC2CCC(OC(=O)C(F)(F)F)(C(=O)NCc3ccccc3OC(F)(F)F)CC2)nc(N2CCN(C)CC2)n1. The Hall–Kier alpha value is -4.09. The number of esters is 1. The third kappa shape index (κ3) is 8.51. The normalized spacial score (nSPS) is 21.4. The smallest absolute Gasteiger partial charge is 0.442 e. The van der Waals surface area contributed by atoms with Crippen molar-refractivity contribution in [2.45, 2.75) is 56.4 Å². The lowest BCUT2D eigenvalue weighted by molar-refractivity contribution is -0.274. The molecule has 1 aromatic heterocycles. The van der Waals surface area contributed by atoms with Crippen molar-refractivity contribution in [1.29, 1.82) is 0 Å². The van der Waals surface area contributed by atoms with Crippen LogP contribution in [-0.4, -0.2) is 96.2 Å². The number of aromatic nitrogens is 3. The number of nitrogens with zero attached hydrogens (tertiary/aromatic N) is 5. The second kappa shape index (κ2) is 13.3. The molecule has 0 atom stereocenters. The number of likely N-dealkylation sites (N-methyl/N-ethyl adjacent to an activating group) is 1. The van der Waals surface area contributed by atoms with Crippen molar-refractivity contribution in [2.75, 3.05) is 55.8 Å². The molecule has 3 N–H and O–H groups in total. The number of hydrogen-bond donors (Lipinski definition) is 3. The van der Waals surface area contributed by atoms with Crippen molar-refractivity contribution in [1.82, 2.24) is 25.2 Å². The van der Waals surface area contributed by atoms with Gasteiger partial charge in [-0.25, -0.2) is 4.79 Å². The molecule has 1 aliphatic heterocycles. The lowest BCUT2D eigenvalue weighted by Gasteiger charge is -2.38. The summed E-state index contributed by atoms with van der Waals surface area (Å²) in [4.78, 5) is 42.5. The number of amides is 1. The topological polar surface area (TPSA) is 134 Å². The third-order valence-corrected chi connectivity index (χ3v) is 7.33. The second-order valence-electron chi connectivity index (χ2n) is 10.5. The molecule has 1 saturated carbocycles. The molecule has 4 rings (SSSR count). The van der Waals surface area contributed by atoms with E-state index in [4.69, 9.17) is 4.74 Å². The molecule has 12 nitrogen and oxygen atoms in total. The summed E-state index contributed by atoms with van der Waals surface area (Å²) in [5, 5.41) is 8.32. The maximum absolute atomic E-state index is 13.3. The van der Waals surface area contributed by atoms with Gasteiger partial charge in [-0.1, -0.05) is 18.2 Å². The van der Waals surface area contributed by atoms with Gasteiger partial charge in [0.2, 0.25) is 17.8 Å². The molecule has 1 aromatic carbocycles. The van der Waals surface area contributed by atoms with Crippen molar-refractivity contribution in [3.63, 3.8) is 0 Å². The van der Waals surface area contributed by atoms with Crippen LogP contribution >= 0.6 is 0 Å². The van der Waals surface area contributed by atoms with Gasteiger partial charge in [0.1, 0.15) is 5.75 Å². The Bertz CT molecular complexity index is 1310. The Morgan fingerprint density at radius 3 is 2.23 bits per heavy atom. The molecule has 1 saturated heterocycles. The predicted molar refractivity (Wildman–Crippen MR) is 145 cm³/mol. The first-order chi connectivity index (χ1) is 20.7. The highest BCUT2D eigenvalue weighted by molar-refractivity contribution is 5.89. The van der Waals surface area contributed by atoms with E-state index >= 15 is 0 Å². The first-order valence-electron chi connectivity index (χ1n) is 13.7. The maximum Gasteiger partial charge on any atom is 0.573 e. The molecular formula is C26H32F6N8O4. The predicted octanol–water partition coefficient (Wildman–Crippen LogP) is 3.08.